The van der Waals surface area contributed by atoms with E-state index in [-0.39, 0.29) is 18.5 Å². The predicted molar refractivity (Wildman–Crippen MR) is 84.4 cm³/mol. The van der Waals surface area contributed by atoms with E-state index in [1.54, 1.807) is 10.9 Å². The second-order valence-corrected chi connectivity index (χ2v) is 5.85. The SMILES string of the molecule is O=C(Cn1nnc2ccccc21)N1CCCCC1c1ccn[nH]1. The van der Waals surface area contributed by atoms with Gasteiger partial charge in [0.25, 0.3) is 0 Å². The highest BCUT2D eigenvalue weighted by atomic mass is 16.2. The fourth-order valence-electron chi connectivity index (χ4n) is 3.26. The van der Waals surface area contributed by atoms with Gasteiger partial charge < -0.3 is 4.90 Å². The molecule has 1 unspecified atom stereocenters. The zero-order valence-corrected chi connectivity index (χ0v) is 12.7. The van der Waals surface area contributed by atoms with Crippen LogP contribution in [0.1, 0.15) is 31.0 Å². The molecule has 4 rings (SSSR count). The van der Waals surface area contributed by atoms with Crippen molar-refractivity contribution in [1.82, 2.24) is 30.1 Å². The summed E-state index contributed by atoms with van der Waals surface area (Å²) in [6.07, 6.45) is 4.86. The molecule has 1 aromatic carbocycles. The summed E-state index contributed by atoms with van der Waals surface area (Å²) in [7, 11) is 0. The summed E-state index contributed by atoms with van der Waals surface area (Å²) in [5.41, 5.74) is 2.70. The van der Waals surface area contributed by atoms with Crippen LogP contribution in [0.4, 0.5) is 0 Å². The largest absolute Gasteiger partial charge is 0.333 e. The molecule has 23 heavy (non-hydrogen) atoms. The van der Waals surface area contributed by atoms with E-state index < -0.39 is 0 Å². The van der Waals surface area contributed by atoms with Crippen LogP contribution in [0.2, 0.25) is 0 Å². The molecule has 0 aliphatic carbocycles. The third-order valence-electron chi connectivity index (χ3n) is 4.41. The highest BCUT2D eigenvalue weighted by Crippen LogP contribution is 2.29. The number of amides is 1. The molecule has 2 aromatic heterocycles. The van der Waals surface area contributed by atoms with Crippen molar-refractivity contribution in [3.63, 3.8) is 0 Å². The quantitative estimate of drug-likeness (QED) is 0.801. The van der Waals surface area contributed by atoms with Gasteiger partial charge in [0.2, 0.25) is 5.91 Å². The Kier molecular flexibility index (Phi) is 3.53. The van der Waals surface area contributed by atoms with Crippen molar-refractivity contribution in [2.24, 2.45) is 0 Å². The number of nitrogens with zero attached hydrogens (tertiary/aromatic N) is 5. The van der Waals surface area contributed by atoms with Crippen LogP contribution >= 0.6 is 0 Å². The molecule has 1 saturated heterocycles. The van der Waals surface area contributed by atoms with Gasteiger partial charge in [-0.3, -0.25) is 9.89 Å². The Hall–Kier alpha value is -2.70. The van der Waals surface area contributed by atoms with Gasteiger partial charge >= 0.3 is 0 Å². The van der Waals surface area contributed by atoms with Gasteiger partial charge in [-0.15, -0.1) is 5.10 Å². The summed E-state index contributed by atoms with van der Waals surface area (Å²) in [6.45, 7) is 0.986. The summed E-state index contributed by atoms with van der Waals surface area (Å²) < 4.78 is 1.68. The molecule has 0 bridgehead atoms. The highest BCUT2D eigenvalue weighted by Gasteiger charge is 2.29. The summed E-state index contributed by atoms with van der Waals surface area (Å²) in [6, 6.07) is 9.71. The first kappa shape index (κ1) is 13.9. The zero-order valence-electron chi connectivity index (χ0n) is 12.7. The van der Waals surface area contributed by atoms with Crippen molar-refractivity contribution in [3.8, 4) is 0 Å². The van der Waals surface area contributed by atoms with Crippen molar-refractivity contribution in [2.75, 3.05) is 6.54 Å². The molecule has 1 fully saturated rings. The molecule has 1 N–H and O–H groups in total. The average molecular weight is 310 g/mol. The third kappa shape index (κ3) is 2.58. The van der Waals surface area contributed by atoms with Crippen LogP contribution in [-0.2, 0) is 11.3 Å². The Morgan fingerprint density at radius 3 is 3.04 bits per heavy atom. The maximum atomic E-state index is 12.8. The number of nitrogens with one attached hydrogen (secondary N) is 1. The maximum absolute atomic E-state index is 12.8. The van der Waals surface area contributed by atoms with Crippen LogP contribution in [0.15, 0.2) is 36.5 Å². The second-order valence-electron chi connectivity index (χ2n) is 5.85. The first-order valence-electron chi connectivity index (χ1n) is 7.90. The molecular weight excluding hydrogens is 292 g/mol. The molecule has 3 heterocycles. The van der Waals surface area contributed by atoms with E-state index >= 15 is 0 Å². The number of benzene rings is 1. The fourth-order valence-corrected chi connectivity index (χ4v) is 3.26. The number of rotatable bonds is 3. The number of carbonyl (C=O) groups is 1. The summed E-state index contributed by atoms with van der Waals surface area (Å²) in [4.78, 5) is 14.8. The van der Waals surface area contributed by atoms with Crippen LogP contribution in [-0.4, -0.2) is 42.5 Å². The van der Waals surface area contributed by atoms with Gasteiger partial charge in [0.05, 0.1) is 17.3 Å². The Labute approximate surface area is 133 Å². The lowest BCUT2D eigenvalue weighted by atomic mass is 9.99. The Morgan fingerprint density at radius 2 is 2.17 bits per heavy atom. The highest BCUT2D eigenvalue weighted by molar-refractivity contribution is 5.80. The molecule has 1 amide bonds. The van der Waals surface area contributed by atoms with E-state index in [0.29, 0.717) is 0 Å². The van der Waals surface area contributed by atoms with Gasteiger partial charge in [-0.05, 0) is 37.5 Å². The smallest absolute Gasteiger partial charge is 0.244 e. The number of H-pyrrole nitrogens is 1. The van der Waals surface area contributed by atoms with E-state index in [4.69, 9.17) is 0 Å². The topological polar surface area (TPSA) is 79.7 Å². The number of piperidine rings is 1. The van der Waals surface area contributed by atoms with Crippen molar-refractivity contribution in [1.29, 1.82) is 0 Å². The second kappa shape index (κ2) is 5.83. The van der Waals surface area contributed by atoms with E-state index in [1.807, 2.05) is 35.2 Å². The van der Waals surface area contributed by atoms with Crippen molar-refractivity contribution < 1.29 is 4.79 Å². The normalized spacial score (nSPS) is 18.4. The lowest BCUT2D eigenvalue weighted by Gasteiger charge is -2.35. The van der Waals surface area contributed by atoms with Gasteiger partial charge in [-0.1, -0.05) is 17.3 Å². The Morgan fingerprint density at radius 1 is 1.26 bits per heavy atom. The number of hydrogen-bond donors (Lipinski definition) is 1. The molecule has 7 heteroatoms. The molecular formula is C16H18N6O. The minimum absolute atomic E-state index is 0.0694. The van der Waals surface area contributed by atoms with E-state index in [1.165, 1.54) is 0 Å². The number of fused-ring (bicyclic) bond motifs is 1. The Bertz CT molecular complexity index is 809. The summed E-state index contributed by atoms with van der Waals surface area (Å²) >= 11 is 0. The number of aromatic amines is 1. The van der Waals surface area contributed by atoms with Crippen LogP contribution < -0.4 is 0 Å². The fraction of sp³-hybridized carbons (Fsp3) is 0.375. The van der Waals surface area contributed by atoms with Crippen molar-refractivity contribution in [2.45, 2.75) is 31.8 Å². The van der Waals surface area contributed by atoms with Gasteiger partial charge in [-0.2, -0.15) is 5.10 Å². The first-order chi connectivity index (χ1) is 11.3. The molecule has 118 valence electrons. The van der Waals surface area contributed by atoms with Gasteiger partial charge in [-0.25, -0.2) is 4.68 Å². The van der Waals surface area contributed by atoms with E-state index in [9.17, 15) is 4.79 Å². The van der Waals surface area contributed by atoms with Gasteiger partial charge in [0.1, 0.15) is 12.1 Å². The first-order valence-corrected chi connectivity index (χ1v) is 7.90. The van der Waals surface area contributed by atoms with E-state index in [2.05, 4.69) is 20.5 Å². The zero-order chi connectivity index (χ0) is 15.6. The van der Waals surface area contributed by atoms with Gasteiger partial charge in [0, 0.05) is 12.7 Å². The summed E-state index contributed by atoms with van der Waals surface area (Å²) in [5.74, 6) is 0.0694. The number of carbonyl (C=O) groups excluding carboxylic acids is 1. The molecule has 0 spiro atoms. The lowest BCUT2D eigenvalue weighted by Crippen LogP contribution is -2.40. The standard InChI is InChI=1S/C16H18N6O/c23-16(11-22-15-7-2-1-5-12(15)19-20-22)21-10-4-3-6-14(21)13-8-9-17-18-13/h1-2,5,7-9,14H,3-4,6,10-11H2,(H,17,18). The predicted octanol–water partition coefficient (Wildman–Crippen LogP) is 1.91. The van der Waals surface area contributed by atoms with Crippen LogP contribution in [0.25, 0.3) is 11.0 Å². The number of likely N-dealkylation sites (tertiary alicyclic amines) is 1. The van der Waals surface area contributed by atoms with Crippen molar-refractivity contribution >= 4 is 16.9 Å². The van der Waals surface area contributed by atoms with E-state index in [0.717, 1.165) is 42.5 Å². The monoisotopic (exact) mass is 310 g/mol. The molecule has 0 radical (unpaired) electrons. The average Bonchev–Trinajstić information content (AvgIpc) is 3.25. The van der Waals surface area contributed by atoms with Crippen molar-refractivity contribution in [3.05, 3.63) is 42.2 Å². The third-order valence-corrected chi connectivity index (χ3v) is 4.41. The molecule has 0 saturated carbocycles. The summed E-state index contributed by atoms with van der Waals surface area (Å²) in [5, 5.41) is 15.2. The van der Waals surface area contributed by atoms with Gasteiger partial charge in [0.15, 0.2) is 0 Å². The van der Waals surface area contributed by atoms with Crippen LogP contribution in [0, 0.1) is 0 Å². The van der Waals surface area contributed by atoms with Crippen LogP contribution in [0.5, 0.6) is 0 Å². The number of aromatic nitrogens is 5. The molecule has 1 aliphatic rings. The Balaban J connectivity index is 1.57. The lowest BCUT2D eigenvalue weighted by molar-refractivity contribution is -0.136. The maximum Gasteiger partial charge on any atom is 0.244 e. The number of hydrogen-bond acceptors (Lipinski definition) is 4. The van der Waals surface area contributed by atoms with Crippen LogP contribution in [0.3, 0.4) is 0 Å². The minimum atomic E-state index is 0.0694. The number of para-hydroxylation sites is 1. The molecule has 1 atom stereocenters. The minimum Gasteiger partial charge on any atom is -0.333 e. The molecule has 3 aromatic rings. The molecule has 1 aliphatic heterocycles. The molecule has 7 nitrogen and oxygen atoms in total.